The van der Waals surface area contributed by atoms with E-state index in [-0.39, 0.29) is 17.3 Å². The molecule has 1 heterocycles. The number of nitrogens with zero attached hydrogens (tertiary/aromatic N) is 1. The fraction of sp³-hybridized carbons (Fsp3) is 0.300. The van der Waals surface area contributed by atoms with Crippen molar-refractivity contribution < 1.29 is 13.5 Å². The van der Waals surface area contributed by atoms with Gasteiger partial charge in [-0.15, -0.1) is 12.4 Å². The van der Waals surface area contributed by atoms with Crippen LogP contribution >= 0.6 is 12.4 Å². The van der Waals surface area contributed by atoms with Crippen LogP contribution in [0.5, 0.6) is 0 Å². The Kier molecular flexibility index (Phi) is 8.03. The van der Waals surface area contributed by atoms with Gasteiger partial charge in [0.05, 0.1) is 11.0 Å². The molecule has 1 unspecified atom stereocenters. The summed E-state index contributed by atoms with van der Waals surface area (Å²) in [5.41, 5.74) is 3.12. The first-order valence-corrected chi connectivity index (χ1v) is 10.5. The second-order valence-electron chi connectivity index (χ2n) is 6.74. The van der Waals surface area contributed by atoms with Crippen molar-refractivity contribution in [2.75, 3.05) is 19.6 Å². The topological polar surface area (TPSA) is 95.7 Å². The fourth-order valence-electron chi connectivity index (χ4n) is 3.11. The van der Waals surface area contributed by atoms with Crippen molar-refractivity contribution in [1.29, 1.82) is 0 Å². The Bertz CT molecular complexity index is 904. The number of aliphatic hydroxyl groups is 1. The van der Waals surface area contributed by atoms with Crippen molar-refractivity contribution >= 4 is 28.5 Å². The van der Waals surface area contributed by atoms with Crippen LogP contribution in [0.2, 0.25) is 0 Å². The molecule has 0 aliphatic carbocycles. The van der Waals surface area contributed by atoms with Crippen LogP contribution in [0.25, 0.3) is 6.08 Å². The molecule has 2 aromatic rings. The van der Waals surface area contributed by atoms with Gasteiger partial charge in [0.15, 0.2) is 0 Å². The minimum atomic E-state index is -3.70. The van der Waals surface area contributed by atoms with Crippen LogP contribution in [0.15, 0.2) is 59.6 Å². The maximum Gasteiger partial charge on any atom is 0.238 e. The summed E-state index contributed by atoms with van der Waals surface area (Å²) in [6.07, 6.45) is 4.17. The summed E-state index contributed by atoms with van der Waals surface area (Å²) >= 11 is 0. The summed E-state index contributed by atoms with van der Waals surface area (Å²) in [5, 5.41) is 18.7. The molecule has 4 N–H and O–H groups in total. The van der Waals surface area contributed by atoms with Gasteiger partial charge in [-0.05, 0) is 47.9 Å². The summed E-state index contributed by atoms with van der Waals surface area (Å²) in [7, 11) is -3.70. The van der Waals surface area contributed by atoms with E-state index in [4.69, 9.17) is 5.14 Å². The molecular weight excluding hydrogens is 398 g/mol. The number of nitrogens with two attached hydrogens (primary N) is 1. The van der Waals surface area contributed by atoms with Gasteiger partial charge in [0.2, 0.25) is 10.0 Å². The number of hydrogen-bond donors (Lipinski definition) is 3. The van der Waals surface area contributed by atoms with Gasteiger partial charge in [-0.1, -0.05) is 36.4 Å². The molecule has 0 aromatic heterocycles. The van der Waals surface area contributed by atoms with E-state index in [9.17, 15) is 13.5 Å². The van der Waals surface area contributed by atoms with Crippen LogP contribution < -0.4 is 10.5 Å². The standard InChI is InChI=1S/C20H25N3O3S.ClH/c21-27(25,26)20-7-6-18-14-23(11-9-17(18)12-20)15-19(24)13-22-10-8-16-4-2-1-3-5-16;/h1-7,9,11-12,19,22,24H,8,10,13-15H2,(H2,21,25,26);1H. The van der Waals surface area contributed by atoms with E-state index in [0.29, 0.717) is 19.6 Å². The Morgan fingerprint density at radius 1 is 1.18 bits per heavy atom. The number of sulfonamides is 1. The molecule has 3 rings (SSSR count). The largest absolute Gasteiger partial charge is 0.390 e. The molecule has 152 valence electrons. The average molecular weight is 424 g/mol. The number of primary sulfonamides is 1. The summed E-state index contributed by atoms with van der Waals surface area (Å²) in [6.45, 7) is 2.47. The zero-order valence-electron chi connectivity index (χ0n) is 15.5. The van der Waals surface area contributed by atoms with Crippen LogP contribution in [-0.2, 0) is 23.0 Å². The minimum Gasteiger partial charge on any atom is -0.390 e. The number of aliphatic hydroxyl groups excluding tert-OH is 1. The molecule has 0 saturated carbocycles. The number of β-amino-alcohol motifs (C(OH)–C–C–N with tert-alkyl or cyclic N) is 1. The average Bonchev–Trinajstić information content (AvgIpc) is 2.65. The molecule has 2 aromatic carbocycles. The molecule has 0 amide bonds. The van der Waals surface area contributed by atoms with Gasteiger partial charge in [-0.2, -0.15) is 0 Å². The maximum absolute atomic E-state index is 11.4. The van der Waals surface area contributed by atoms with E-state index < -0.39 is 16.1 Å². The second-order valence-corrected chi connectivity index (χ2v) is 8.31. The van der Waals surface area contributed by atoms with Crippen molar-refractivity contribution in [3.05, 3.63) is 71.4 Å². The van der Waals surface area contributed by atoms with Crippen molar-refractivity contribution in [3.8, 4) is 0 Å². The third-order valence-corrected chi connectivity index (χ3v) is 5.45. The summed E-state index contributed by atoms with van der Waals surface area (Å²) in [5.74, 6) is 0. The molecule has 0 spiro atoms. The zero-order chi connectivity index (χ0) is 19.3. The number of rotatable bonds is 8. The van der Waals surface area contributed by atoms with E-state index in [2.05, 4.69) is 17.4 Å². The molecule has 0 radical (unpaired) electrons. The van der Waals surface area contributed by atoms with Gasteiger partial charge in [-0.3, -0.25) is 0 Å². The van der Waals surface area contributed by atoms with Gasteiger partial charge in [0, 0.05) is 25.8 Å². The minimum absolute atomic E-state index is 0. The van der Waals surface area contributed by atoms with Crippen molar-refractivity contribution in [3.63, 3.8) is 0 Å². The van der Waals surface area contributed by atoms with E-state index in [1.54, 1.807) is 12.1 Å². The first kappa shape index (κ1) is 22.4. The molecule has 0 bridgehead atoms. The van der Waals surface area contributed by atoms with E-state index in [1.807, 2.05) is 35.4 Å². The lowest BCUT2D eigenvalue weighted by atomic mass is 10.0. The van der Waals surface area contributed by atoms with Crippen molar-refractivity contribution in [2.24, 2.45) is 5.14 Å². The highest BCUT2D eigenvalue weighted by Gasteiger charge is 2.16. The lowest BCUT2D eigenvalue weighted by Crippen LogP contribution is -2.37. The Labute approximate surface area is 172 Å². The molecule has 28 heavy (non-hydrogen) atoms. The highest BCUT2D eigenvalue weighted by molar-refractivity contribution is 7.89. The highest BCUT2D eigenvalue weighted by Crippen LogP contribution is 2.22. The molecule has 0 fully saturated rings. The van der Waals surface area contributed by atoms with Gasteiger partial charge in [0.1, 0.15) is 0 Å². The van der Waals surface area contributed by atoms with Gasteiger partial charge in [-0.25, -0.2) is 13.6 Å². The zero-order valence-corrected chi connectivity index (χ0v) is 17.1. The third-order valence-electron chi connectivity index (χ3n) is 4.54. The van der Waals surface area contributed by atoms with E-state index in [0.717, 1.165) is 24.1 Å². The Balaban J connectivity index is 0.00000280. The maximum atomic E-state index is 11.4. The Morgan fingerprint density at radius 2 is 1.93 bits per heavy atom. The summed E-state index contributed by atoms with van der Waals surface area (Å²) < 4.78 is 22.9. The van der Waals surface area contributed by atoms with Crippen LogP contribution in [0.1, 0.15) is 16.7 Å². The lowest BCUT2D eigenvalue weighted by Gasteiger charge is -2.27. The monoisotopic (exact) mass is 423 g/mol. The van der Waals surface area contributed by atoms with Crippen LogP contribution in [0, 0.1) is 0 Å². The number of halogens is 1. The highest BCUT2D eigenvalue weighted by atomic mass is 35.5. The molecule has 6 nitrogen and oxygen atoms in total. The SMILES string of the molecule is Cl.NS(=O)(=O)c1ccc2c(c1)C=CN(CC(O)CNCCc1ccccc1)C2. The second kappa shape index (κ2) is 10.0. The normalized spacial score (nSPS) is 14.3. The first-order valence-electron chi connectivity index (χ1n) is 8.92. The Morgan fingerprint density at radius 3 is 2.64 bits per heavy atom. The van der Waals surface area contributed by atoms with Gasteiger partial charge < -0.3 is 15.3 Å². The number of fused-ring (bicyclic) bond motifs is 1. The van der Waals surface area contributed by atoms with E-state index >= 15 is 0 Å². The number of benzene rings is 2. The fourth-order valence-corrected chi connectivity index (χ4v) is 3.66. The lowest BCUT2D eigenvalue weighted by molar-refractivity contribution is 0.130. The van der Waals surface area contributed by atoms with E-state index in [1.165, 1.54) is 11.6 Å². The third kappa shape index (κ3) is 6.32. The molecule has 1 aliphatic rings. The quantitative estimate of drug-likeness (QED) is 0.562. The van der Waals surface area contributed by atoms with Gasteiger partial charge >= 0.3 is 0 Å². The number of nitrogens with one attached hydrogen (secondary N) is 1. The predicted octanol–water partition coefficient (Wildman–Crippen LogP) is 1.74. The molecule has 0 saturated heterocycles. The first-order chi connectivity index (χ1) is 12.9. The summed E-state index contributed by atoms with van der Waals surface area (Å²) in [6, 6.07) is 15.1. The molecule has 8 heteroatoms. The van der Waals surface area contributed by atoms with Crippen LogP contribution in [-0.4, -0.2) is 44.2 Å². The summed E-state index contributed by atoms with van der Waals surface area (Å²) in [4.78, 5) is 2.13. The predicted molar refractivity (Wildman–Crippen MR) is 114 cm³/mol. The van der Waals surface area contributed by atoms with Crippen LogP contribution in [0.4, 0.5) is 0 Å². The van der Waals surface area contributed by atoms with Crippen molar-refractivity contribution in [1.82, 2.24) is 10.2 Å². The van der Waals surface area contributed by atoms with Crippen LogP contribution in [0.3, 0.4) is 0 Å². The molecule has 1 aliphatic heterocycles. The number of hydrogen-bond acceptors (Lipinski definition) is 5. The smallest absolute Gasteiger partial charge is 0.238 e. The van der Waals surface area contributed by atoms with Gasteiger partial charge in [0.25, 0.3) is 0 Å². The Hall–Kier alpha value is -1.90. The molecule has 1 atom stereocenters. The van der Waals surface area contributed by atoms with Crippen molar-refractivity contribution in [2.45, 2.75) is 24.0 Å². The molecular formula is C20H26ClN3O3S.